The molecule has 442 valence electrons. The number of thiazole rings is 1. The number of ketones is 1. The number of Topliss-reactive ketones (excluding diaryl/α,β-unsaturated/α-hetero) is 1. The third-order valence-corrected chi connectivity index (χ3v) is 15.1. The van der Waals surface area contributed by atoms with Crippen LogP contribution in [-0.4, -0.2) is 156 Å². The fourth-order valence-corrected chi connectivity index (χ4v) is 10.3. The first kappa shape index (κ1) is 69.6. The number of likely N-dealkylation sites (N-methyl/N-ethyl adjacent to an activating group) is 1. The molecular weight excluding hydrogens is 1110 g/mol. The number of piperidine rings is 1. The van der Waals surface area contributed by atoms with Gasteiger partial charge in [0.1, 0.15) is 17.0 Å². The molecule has 79 heavy (non-hydrogen) atoms. The SMILES string of the molecule is CCCC(Cc1ccc(O)c(NC(=O)CCCNC(=O)/C=C(\Br)C(=O)NCCCC(=O)NCCOCCO)c1)NC(O)c1csc([C@@H](C[C@H](C(C)C)N(C)C(=O)[C@@H](CC(=O)[C@H]2CCCCN2C)[C@@H](C)CC)OC(C)=O)n1.O=C=O. The molecule has 8 N–H and O–H groups in total. The van der Waals surface area contributed by atoms with E-state index >= 15 is 0 Å². The van der Waals surface area contributed by atoms with Crippen molar-refractivity contribution in [1.82, 2.24) is 36.1 Å². The summed E-state index contributed by atoms with van der Waals surface area (Å²) in [6, 6.07) is 4.08. The number of anilines is 1. The second-order valence-electron chi connectivity index (χ2n) is 20.0. The molecule has 0 bridgehead atoms. The number of rotatable bonds is 35. The Balaban J connectivity index is 0.00000694. The van der Waals surface area contributed by atoms with Crippen LogP contribution in [-0.2, 0) is 59.0 Å². The first-order valence-electron chi connectivity index (χ1n) is 27.2. The van der Waals surface area contributed by atoms with Gasteiger partial charge in [0.25, 0.3) is 5.91 Å². The lowest BCUT2D eigenvalue weighted by atomic mass is 9.83. The number of hydrogen-bond acceptors (Lipinski definition) is 18. The average molecular weight is 1190 g/mol. The number of halogens is 1. The molecule has 1 aliphatic rings. The fraction of sp³-hybridized carbons (Fsp3) is 0.655. The third-order valence-electron chi connectivity index (χ3n) is 13.6. The Bertz CT molecular complexity index is 2310. The Morgan fingerprint density at radius 1 is 0.987 bits per heavy atom. The lowest BCUT2D eigenvalue weighted by Crippen LogP contribution is -2.48. The van der Waals surface area contributed by atoms with E-state index in [0.29, 0.717) is 36.5 Å². The van der Waals surface area contributed by atoms with Gasteiger partial charge in [-0.15, -0.1) is 11.3 Å². The summed E-state index contributed by atoms with van der Waals surface area (Å²) in [7, 11) is 3.74. The minimum Gasteiger partial charge on any atom is -0.506 e. The van der Waals surface area contributed by atoms with E-state index in [0.717, 1.165) is 50.3 Å². The number of aromatic nitrogens is 1. The molecule has 22 nitrogen and oxygen atoms in total. The van der Waals surface area contributed by atoms with Crippen LogP contribution in [0.3, 0.4) is 0 Å². The Hall–Kier alpha value is -5.46. The van der Waals surface area contributed by atoms with Gasteiger partial charge in [-0.25, -0.2) is 4.98 Å². The molecule has 1 aromatic carbocycles. The lowest BCUT2D eigenvalue weighted by Gasteiger charge is -2.37. The highest BCUT2D eigenvalue weighted by molar-refractivity contribution is 9.12. The third kappa shape index (κ3) is 26.1. The van der Waals surface area contributed by atoms with E-state index in [1.54, 1.807) is 29.5 Å². The number of phenolic OH excluding ortho intramolecular Hbond substituents is 1. The van der Waals surface area contributed by atoms with Crippen LogP contribution in [0.1, 0.15) is 147 Å². The molecular formula is C55H85BrN8O14S. The summed E-state index contributed by atoms with van der Waals surface area (Å²) >= 11 is 4.34. The van der Waals surface area contributed by atoms with Crippen LogP contribution < -0.4 is 26.6 Å². The lowest BCUT2D eigenvalue weighted by molar-refractivity contribution is -0.192. The van der Waals surface area contributed by atoms with Crippen LogP contribution in [0, 0.1) is 17.8 Å². The van der Waals surface area contributed by atoms with E-state index in [-0.39, 0.29) is 135 Å². The quantitative estimate of drug-likeness (QED) is 0.0148. The summed E-state index contributed by atoms with van der Waals surface area (Å²) in [6.07, 6.45) is 6.04. The van der Waals surface area contributed by atoms with Crippen LogP contribution in [0.5, 0.6) is 5.75 Å². The van der Waals surface area contributed by atoms with Gasteiger partial charge < -0.3 is 51.0 Å². The zero-order valence-corrected chi connectivity index (χ0v) is 49.5. The van der Waals surface area contributed by atoms with Crippen LogP contribution in [0.25, 0.3) is 0 Å². The Morgan fingerprint density at radius 2 is 1.67 bits per heavy atom. The molecule has 2 aromatic rings. The molecule has 0 spiro atoms. The molecule has 1 aliphatic heterocycles. The second-order valence-corrected chi connectivity index (χ2v) is 21.8. The molecule has 3 rings (SSSR count). The number of hydrogen-bond donors (Lipinski definition) is 8. The summed E-state index contributed by atoms with van der Waals surface area (Å²) in [6.45, 7) is 13.3. The molecule has 5 amide bonds. The molecule has 7 atom stereocenters. The minimum atomic E-state index is -1.20. The van der Waals surface area contributed by atoms with E-state index in [9.17, 15) is 43.8 Å². The molecule has 0 radical (unpaired) electrons. The first-order valence-corrected chi connectivity index (χ1v) is 28.8. The maximum Gasteiger partial charge on any atom is 0.373 e. The van der Waals surface area contributed by atoms with Gasteiger partial charge in [-0.1, -0.05) is 59.9 Å². The van der Waals surface area contributed by atoms with Crippen molar-refractivity contribution in [2.75, 3.05) is 65.4 Å². The average Bonchev–Trinajstić information content (AvgIpc) is 3.91. The number of ether oxygens (including phenoxy) is 2. The maximum atomic E-state index is 14.4. The van der Waals surface area contributed by atoms with Gasteiger partial charge in [-0.05, 0) is 97.6 Å². The number of likely N-dealkylation sites (tertiary alicyclic amines) is 1. The van der Waals surface area contributed by atoms with Gasteiger partial charge in [0.2, 0.25) is 23.6 Å². The van der Waals surface area contributed by atoms with Crippen molar-refractivity contribution in [1.29, 1.82) is 0 Å². The Morgan fingerprint density at radius 3 is 2.30 bits per heavy atom. The van der Waals surface area contributed by atoms with Crippen molar-refractivity contribution in [3.8, 4) is 5.75 Å². The van der Waals surface area contributed by atoms with Crippen molar-refractivity contribution in [3.05, 3.63) is 50.4 Å². The van der Waals surface area contributed by atoms with Crippen LogP contribution >= 0.6 is 27.3 Å². The molecule has 1 saturated heterocycles. The number of phenols is 1. The van der Waals surface area contributed by atoms with Crippen molar-refractivity contribution < 1.29 is 67.9 Å². The minimum absolute atomic E-state index is 0.0118. The summed E-state index contributed by atoms with van der Waals surface area (Å²) in [4.78, 5) is 115. The van der Waals surface area contributed by atoms with Crippen LogP contribution in [0.15, 0.2) is 34.1 Å². The van der Waals surface area contributed by atoms with Gasteiger partial charge in [0.05, 0.1) is 41.7 Å². The van der Waals surface area contributed by atoms with Crippen molar-refractivity contribution >= 4 is 80.4 Å². The zero-order chi connectivity index (χ0) is 59.0. The smallest absolute Gasteiger partial charge is 0.373 e. The second kappa shape index (κ2) is 38.2. The number of aliphatic hydroxyl groups is 2. The van der Waals surface area contributed by atoms with E-state index in [4.69, 9.17) is 29.2 Å². The number of esters is 1. The highest BCUT2D eigenvalue weighted by Crippen LogP contribution is 2.34. The molecule has 2 unspecified atom stereocenters. The van der Waals surface area contributed by atoms with E-state index in [2.05, 4.69) is 47.4 Å². The van der Waals surface area contributed by atoms with Crippen LogP contribution in [0.2, 0.25) is 0 Å². The number of amides is 5. The van der Waals surface area contributed by atoms with Crippen molar-refractivity contribution in [2.45, 2.75) is 155 Å². The number of nitrogens with zero attached hydrogens (tertiary/aromatic N) is 3. The summed E-state index contributed by atoms with van der Waals surface area (Å²) in [5, 5.41) is 47.0. The monoisotopic (exact) mass is 1190 g/mol. The van der Waals surface area contributed by atoms with Gasteiger partial charge in [0, 0.05) is 88.7 Å². The van der Waals surface area contributed by atoms with E-state index in [1.807, 2.05) is 41.7 Å². The van der Waals surface area contributed by atoms with Crippen LogP contribution in [0.4, 0.5) is 5.69 Å². The molecule has 1 fully saturated rings. The van der Waals surface area contributed by atoms with Crippen molar-refractivity contribution in [3.63, 3.8) is 0 Å². The number of benzene rings is 1. The standard InChI is InChI=1S/C54H85BrN8O12S.CO2/c1-9-15-38(28-37-19-20-45(66)41(29-37)60-49(69)18-14-21-56-50(70)31-40(55)51(71)58-22-13-17-48(68)57-23-26-74-27-25-64)59-52(72)42-33-76-53(61-42)47(75-36(6)65)32-44(34(3)4)63(8)54(73)39(35(5)10-2)30-46(67)43-16-11-12-24-62(43)7;2-1-3/h19-20,29,31,33-35,38-39,43-44,47,52,59,64,66,72H,9-18,21-28,30,32H2,1-8H3,(H,56,70)(H,57,68)(H,58,71)(H,60,69);/b40-31-;/t35-,38?,39-,43+,44+,47+,52?;/m0./s1. The molecule has 0 saturated carbocycles. The van der Waals surface area contributed by atoms with Gasteiger partial charge >= 0.3 is 12.1 Å². The first-order chi connectivity index (χ1) is 37.6. The van der Waals surface area contributed by atoms with Gasteiger partial charge in [0.15, 0.2) is 11.9 Å². The maximum absolute atomic E-state index is 14.4. The molecule has 1 aromatic heterocycles. The number of aromatic hydroxyl groups is 1. The van der Waals surface area contributed by atoms with E-state index < -0.39 is 41.9 Å². The largest absolute Gasteiger partial charge is 0.506 e. The number of carbonyl (C=O) groups is 7. The summed E-state index contributed by atoms with van der Waals surface area (Å²) < 4.78 is 10.9. The van der Waals surface area contributed by atoms with Gasteiger partial charge in [-0.3, -0.25) is 43.8 Å². The fourth-order valence-electron chi connectivity index (χ4n) is 9.10. The normalized spacial score (nSPS) is 15.9. The molecule has 2 heterocycles. The number of aliphatic hydroxyl groups excluding tert-OH is 2. The molecule has 0 aliphatic carbocycles. The molecule has 24 heteroatoms. The number of nitrogens with one attached hydrogen (secondary N) is 5. The predicted octanol–water partition coefficient (Wildman–Crippen LogP) is 4.98. The highest BCUT2D eigenvalue weighted by Gasteiger charge is 2.38. The zero-order valence-electron chi connectivity index (χ0n) is 47.1. The predicted molar refractivity (Wildman–Crippen MR) is 300 cm³/mol. The summed E-state index contributed by atoms with van der Waals surface area (Å²) in [5.41, 5.74) is 1.31. The van der Waals surface area contributed by atoms with Crippen molar-refractivity contribution in [2.24, 2.45) is 17.8 Å². The number of carbonyl (C=O) groups excluding carboxylic acids is 9. The Kier molecular flexibility index (Phi) is 33.7. The topological polar surface area (TPSA) is 312 Å². The highest BCUT2D eigenvalue weighted by atomic mass is 79.9. The van der Waals surface area contributed by atoms with Gasteiger partial charge in [-0.2, -0.15) is 9.59 Å². The van der Waals surface area contributed by atoms with E-state index in [1.165, 1.54) is 24.3 Å². The summed E-state index contributed by atoms with van der Waals surface area (Å²) in [5.74, 6) is -2.90. The Labute approximate surface area is 477 Å².